The first-order valence-corrected chi connectivity index (χ1v) is 6.04. The minimum absolute atomic E-state index is 0.920. The number of imidazole rings is 1. The summed E-state index contributed by atoms with van der Waals surface area (Å²) in [6, 6.07) is 3.95. The van der Waals surface area contributed by atoms with Gasteiger partial charge in [-0.05, 0) is 28.1 Å². The fraction of sp³-hybridized carbons (Fsp3) is 0. The predicted molar refractivity (Wildman–Crippen MR) is 64.0 cm³/mol. The Morgan fingerprint density at radius 1 is 1.27 bits per heavy atom. The van der Waals surface area contributed by atoms with E-state index >= 15 is 0 Å². The maximum Gasteiger partial charge on any atom is 0.143 e. The normalized spacial score (nSPS) is 11.0. The van der Waals surface area contributed by atoms with Crippen molar-refractivity contribution in [3.05, 3.63) is 40.6 Å². The van der Waals surface area contributed by atoms with E-state index in [1.54, 1.807) is 17.5 Å². The van der Waals surface area contributed by atoms with E-state index in [0.717, 1.165) is 20.8 Å². The molecule has 0 radical (unpaired) electrons. The van der Waals surface area contributed by atoms with Gasteiger partial charge in [0, 0.05) is 28.4 Å². The molecule has 0 atom stereocenters. The summed E-state index contributed by atoms with van der Waals surface area (Å²) in [6.07, 6.45) is 5.76. The van der Waals surface area contributed by atoms with Gasteiger partial charge in [-0.2, -0.15) is 0 Å². The van der Waals surface area contributed by atoms with Crippen LogP contribution in [-0.4, -0.2) is 14.4 Å². The van der Waals surface area contributed by atoms with Crippen LogP contribution in [-0.2, 0) is 0 Å². The lowest BCUT2D eigenvalue weighted by Gasteiger charge is -1.91. The number of hydrogen-bond acceptors (Lipinski definition) is 3. The highest BCUT2D eigenvalue weighted by Gasteiger charge is 2.05. The summed E-state index contributed by atoms with van der Waals surface area (Å²) in [4.78, 5) is 8.72. The van der Waals surface area contributed by atoms with Crippen molar-refractivity contribution in [2.24, 2.45) is 0 Å². The summed E-state index contributed by atoms with van der Waals surface area (Å²) in [5.74, 6) is 0. The van der Waals surface area contributed by atoms with Crippen LogP contribution in [0, 0.1) is 0 Å². The van der Waals surface area contributed by atoms with Crippen LogP contribution in [0.15, 0.2) is 40.6 Å². The lowest BCUT2D eigenvalue weighted by molar-refractivity contribution is 1.17. The minimum atomic E-state index is 0.920. The molecule has 0 N–H and O–H groups in total. The Morgan fingerprint density at radius 2 is 2.20 bits per heavy atom. The number of halogens is 1. The standard InChI is InChI=1S/C10H6BrN3S/c11-7-1-2-9-13-8(6-14(9)5-7)10-12-3-4-15-10/h1-6H. The van der Waals surface area contributed by atoms with Gasteiger partial charge in [0.25, 0.3) is 0 Å². The lowest BCUT2D eigenvalue weighted by Crippen LogP contribution is -1.80. The quantitative estimate of drug-likeness (QED) is 0.685. The molecule has 0 amide bonds. The van der Waals surface area contributed by atoms with Crippen LogP contribution in [0.1, 0.15) is 0 Å². The Labute approximate surface area is 98.6 Å². The smallest absolute Gasteiger partial charge is 0.143 e. The number of rotatable bonds is 1. The maximum absolute atomic E-state index is 4.49. The number of fused-ring (bicyclic) bond motifs is 1. The highest BCUT2D eigenvalue weighted by Crippen LogP contribution is 2.22. The number of nitrogens with zero attached hydrogens (tertiary/aromatic N) is 3. The van der Waals surface area contributed by atoms with Crippen LogP contribution in [0.4, 0.5) is 0 Å². The zero-order chi connectivity index (χ0) is 10.3. The third-order valence-corrected chi connectivity index (χ3v) is 3.33. The molecule has 3 aromatic rings. The van der Waals surface area contributed by atoms with E-state index < -0.39 is 0 Å². The molecule has 0 aromatic carbocycles. The third-order valence-electron chi connectivity index (χ3n) is 2.07. The molecule has 3 aromatic heterocycles. The molecule has 0 bridgehead atoms. The van der Waals surface area contributed by atoms with Crippen molar-refractivity contribution in [1.29, 1.82) is 0 Å². The van der Waals surface area contributed by atoms with E-state index in [9.17, 15) is 0 Å². The highest BCUT2D eigenvalue weighted by atomic mass is 79.9. The van der Waals surface area contributed by atoms with E-state index in [-0.39, 0.29) is 0 Å². The van der Waals surface area contributed by atoms with Crippen LogP contribution in [0.5, 0.6) is 0 Å². The van der Waals surface area contributed by atoms with E-state index in [4.69, 9.17) is 0 Å². The van der Waals surface area contributed by atoms with Gasteiger partial charge in [0.05, 0.1) is 0 Å². The Bertz CT molecular complexity index is 600. The summed E-state index contributed by atoms with van der Waals surface area (Å²) in [7, 11) is 0. The van der Waals surface area contributed by atoms with Crippen LogP contribution >= 0.6 is 27.3 Å². The molecule has 0 spiro atoms. The summed E-state index contributed by atoms with van der Waals surface area (Å²) in [5.41, 5.74) is 1.85. The Balaban J connectivity index is 2.22. The molecule has 15 heavy (non-hydrogen) atoms. The molecule has 0 saturated carbocycles. The van der Waals surface area contributed by atoms with Crippen molar-refractivity contribution in [1.82, 2.24) is 14.4 Å². The van der Waals surface area contributed by atoms with Crippen LogP contribution < -0.4 is 0 Å². The molecule has 74 valence electrons. The second-order valence-corrected chi connectivity index (χ2v) is 4.89. The van der Waals surface area contributed by atoms with Crippen LogP contribution in [0.25, 0.3) is 16.3 Å². The molecule has 0 unspecified atom stereocenters. The van der Waals surface area contributed by atoms with E-state index in [1.807, 2.05) is 34.3 Å². The second-order valence-electron chi connectivity index (χ2n) is 3.08. The minimum Gasteiger partial charge on any atom is -0.305 e. The summed E-state index contributed by atoms with van der Waals surface area (Å²) in [6.45, 7) is 0. The fourth-order valence-corrected chi connectivity index (χ4v) is 2.36. The Kier molecular flexibility index (Phi) is 2.07. The van der Waals surface area contributed by atoms with Gasteiger partial charge in [-0.25, -0.2) is 9.97 Å². The average molecular weight is 280 g/mol. The first kappa shape index (κ1) is 9.06. The molecule has 3 heterocycles. The van der Waals surface area contributed by atoms with Crippen molar-refractivity contribution in [3.63, 3.8) is 0 Å². The third kappa shape index (κ3) is 1.57. The first-order valence-electron chi connectivity index (χ1n) is 4.37. The van der Waals surface area contributed by atoms with E-state index in [2.05, 4.69) is 25.9 Å². The predicted octanol–water partition coefficient (Wildman–Crippen LogP) is 3.22. The van der Waals surface area contributed by atoms with Gasteiger partial charge < -0.3 is 4.40 Å². The zero-order valence-corrected chi connectivity index (χ0v) is 9.99. The largest absolute Gasteiger partial charge is 0.305 e. The van der Waals surface area contributed by atoms with Crippen molar-refractivity contribution >= 4 is 32.9 Å². The zero-order valence-electron chi connectivity index (χ0n) is 7.59. The fourth-order valence-electron chi connectivity index (χ4n) is 1.42. The average Bonchev–Trinajstić information content (AvgIpc) is 2.84. The van der Waals surface area contributed by atoms with E-state index in [0.29, 0.717) is 0 Å². The van der Waals surface area contributed by atoms with Crippen LogP contribution in [0.3, 0.4) is 0 Å². The summed E-state index contributed by atoms with van der Waals surface area (Å²) >= 11 is 5.03. The SMILES string of the molecule is Brc1ccc2nc(-c3nccs3)cn2c1. The van der Waals surface area contributed by atoms with Gasteiger partial charge >= 0.3 is 0 Å². The molecular weight excluding hydrogens is 274 g/mol. The topological polar surface area (TPSA) is 30.2 Å². The highest BCUT2D eigenvalue weighted by molar-refractivity contribution is 9.10. The van der Waals surface area contributed by atoms with Crippen molar-refractivity contribution < 1.29 is 0 Å². The Hall–Kier alpha value is -1.20. The second kappa shape index (κ2) is 3.43. The van der Waals surface area contributed by atoms with Gasteiger partial charge in [-0.3, -0.25) is 0 Å². The van der Waals surface area contributed by atoms with Gasteiger partial charge in [-0.1, -0.05) is 0 Å². The molecule has 0 aliphatic carbocycles. The van der Waals surface area contributed by atoms with Gasteiger partial charge in [0.15, 0.2) is 0 Å². The van der Waals surface area contributed by atoms with Gasteiger partial charge in [0.2, 0.25) is 0 Å². The number of aromatic nitrogens is 3. The van der Waals surface area contributed by atoms with Crippen molar-refractivity contribution in [2.45, 2.75) is 0 Å². The van der Waals surface area contributed by atoms with Gasteiger partial charge in [-0.15, -0.1) is 11.3 Å². The maximum atomic E-state index is 4.49. The molecule has 0 aliphatic rings. The number of pyridine rings is 1. The van der Waals surface area contributed by atoms with Gasteiger partial charge in [0.1, 0.15) is 16.3 Å². The molecule has 0 saturated heterocycles. The number of hydrogen-bond donors (Lipinski definition) is 0. The Morgan fingerprint density at radius 3 is 3.00 bits per heavy atom. The molecule has 0 fully saturated rings. The molecule has 3 rings (SSSR count). The van der Waals surface area contributed by atoms with Crippen LogP contribution in [0.2, 0.25) is 0 Å². The lowest BCUT2D eigenvalue weighted by atomic mass is 10.5. The van der Waals surface area contributed by atoms with Crippen molar-refractivity contribution in [2.75, 3.05) is 0 Å². The molecular formula is C10H6BrN3S. The summed E-state index contributed by atoms with van der Waals surface area (Å²) in [5, 5.41) is 2.91. The van der Waals surface area contributed by atoms with E-state index in [1.165, 1.54) is 0 Å². The van der Waals surface area contributed by atoms with Crippen molar-refractivity contribution in [3.8, 4) is 10.7 Å². The molecule has 0 aliphatic heterocycles. The number of thiazole rings is 1. The molecule has 3 nitrogen and oxygen atoms in total. The summed E-state index contributed by atoms with van der Waals surface area (Å²) < 4.78 is 3.03. The molecule has 5 heteroatoms. The first-order chi connectivity index (χ1) is 7.33. The monoisotopic (exact) mass is 279 g/mol.